The third kappa shape index (κ3) is 1.94. The summed E-state index contributed by atoms with van der Waals surface area (Å²) in [7, 11) is 0. The SMILES string of the molecule is S/C=C(\S)C1CCCC1. The summed E-state index contributed by atoms with van der Waals surface area (Å²) in [6, 6.07) is 0. The highest BCUT2D eigenvalue weighted by Gasteiger charge is 2.15. The van der Waals surface area contributed by atoms with Crippen molar-refractivity contribution in [1.29, 1.82) is 0 Å². The van der Waals surface area contributed by atoms with Gasteiger partial charge in [0.15, 0.2) is 0 Å². The summed E-state index contributed by atoms with van der Waals surface area (Å²) in [5, 5.41) is 1.82. The van der Waals surface area contributed by atoms with Gasteiger partial charge in [-0.25, -0.2) is 0 Å². The van der Waals surface area contributed by atoms with Crippen LogP contribution in [-0.2, 0) is 0 Å². The molecule has 0 aromatic heterocycles. The quantitative estimate of drug-likeness (QED) is 0.541. The Kier molecular flexibility index (Phi) is 2.99. The first-order valence-electron chi connectivity index (χ1n) is 3.38. The standard InChI is InChI=1S/C7H12S2/c8-5-7(9)6-3-1-2-4-6/h5-6,8-9H,1-4H2/b7-5-. The summed E-state index contributed by atoms with van der Waals surface area (Å²) in [5.41, 5.74) is 0. The molecule has 1 saturated carbocycles. The molecule has 0 atom stereocenters. The third-order valence-electron chi connectivity index (χ3n) is 1.91. The third-order valence-corrected chi connectivity index (χ3v) is 2.88. The molecule has 0 radical (unpaired) electrons. The van der Waals surface area contributed by atoms with Gasteiger partial charge in [0, 0.05) is 0 Å². The molecular weight excluding hydrogens is 148 g/mol. The fourth-order valence-corrected chi connectivity index (χ4v) is 1.80. The molecule has 0 amide bonds. The number of rotatable bonds is 1. The van der Waals surface area contributed by atoms with E-state index in [1.54, 1.807) is 0 Å². The lowest BCUT2D eigenvalue weighted by atomic mass is 10.1. The first-order valence-corrected chi connectivity index (χ1v) is 4.34. The molecule has 1 rings (SSSR count). The van der Waals surface area contributed by atoms with E-state index in [2.05, 4.69) is 25.3 Å². The zero-order valence-electron chi connectivity index (χ0n) is 5.38. The van der Waals surface area contributed by atoms with Crippen molar-refractivity contribution in [3.8, 4) is 0 Å². The van der Waals surface area contributed by atoms with E-state index in [-0.39, 0.29) is 0 Å². The van der Waals surface area contributed by atoms with Crippen molar-refractivity contribution in [1.82, 2.24) is 0 Å². The Labute approximate surface area is 67.5 Å². The van der Waals surface area contributed by atoms with Crippen molar-refractivity contribution in [2.24, 2.45) is 5.92 Å². The van der Waals surface area contributed by atoms with Crippen LogP contribution in [0, 0.1) is 5.92 Å². The Bertz CT molecular complexity index is 112. The maximum Gasteiger partial charge on any atom is -0.00928 e. The zero-order valence-corrected chi connectivity index (χ0v) is 7.17. The first-order chi connectivity index (χ1) is 4.34. The highest BCUT2D eigenvalue weighted by atomic mass is 32.1. The summed E-state index contributed by atoms with van der Waals surface area (Å²) in [6.07, 6.45) is 5.37. The molecule has 0 aromatic rings. The maximum atomic E-state index is 4.31. The second-order valence-corrected chi connectivity index (χ2v) is 3.31. The molecule has 9 heavy (non-hydrogen) atoms. The summed E-state index contributed by atoms with van der Waals surface area (Å²) < 4.78 is 0. The lowest BCUT2D eigenvalue weighted by Gasteiger charge is -2.05. The van der Waals surface area contributed by atoms with Crippen LogP contribution in [0.25, 0.3) is 0 Å². The molecule has 1 aliphatic carbocycles. The minimum atomic E-state index is 0.728. The summed E-state index contributed by atoms with van der Waals surface area (Å²) in [4.78, 5) is 1.16. The van der Waals surface area contributed by atoms with Gasteiger partial charge in [-0.2, -0.15) is 12.6 Å². The van der Waals surface area contributed by atoms with E-state index in [0.29, 0.717) is 0 Å². The van der Waals surface area contributed by atoms with Crippen LogP contribution in [0.15, 0.2) is 10.3 Å². The summed E-state index contributed by atoms with van der Waals surface area (Å²) >= 11 is 8.36. The summed E-state index contributed by atoms with van der Waals surface area (Å²) in [5.74, 6) is 0.728. The van der Waals surface area contributed by atoms with Crippen molar-refractivity contribution >= 4 is 25.3 Å². The molecule has 0 saturated heterocycles. The van der Waals surface area contributed by atoms with Crippen LogP contribution >= 0.6 is 25.3 Å². The van der Waals surface area contributed by atoms with Crippen LogP contribution in [0.4, 0.5) is 0 Å². The van der Waals surface area contributed by atoms with Crippen LogP contribution in [0.5, 0.6) is 0 Å². The molecule has 0 aromatic carbocycles. The molecule has 0 nitrogen and oxygen atoms in total. The van der Waals surface area contributed by atoms with E-state index in [0.717, 1.165) is 10.8 Å². The van der Waals surface area contributed by atoms with Gasteiger partial charge in [0.25, 0.3) is 0 Å². The van der Waals surface area contributed by atoms with Crippen molar-refractivity contribution in [2.75, 3.05) is 0 Å². The average Bonchev–Trinajstić information content (AvgIpc) is 2.37. The van der Waals surface area contributed by atoms with Crippen molar-refractivity contribution < 1.29 is 0 Å². The second kappa shape index (κ2) is 3.57. The fraction of sp³-hybridized carbons (Fsp3) is 0.714. The largest absolute Gasteiger partial charge is 0.151 e. The molecule has 2 heteroatoms. The number of thiol groups is 2. The van der Waals surface area contributed by atoms with E-state index in [1.165, 1.54) is 25.7 Å². The normalized spacial score (nSPS) is 23.1. The Morgan fingerprint density at radius 1 is 1.33 bits per heavy atom. The first kappa shape index (κ1) is 7.55. The maximum absolute atomic E-state index is 4.31. The monoisotopic (exact) mass is 160 g/mol. The van der Waals surface area contributed by atoms with Crippen molar-refractivity contribution in [3.63, 3.8) is 0 Å². The van der Waals surface area contributed by atoms with E-state index in [1.807, 2.05) is 5.41 Å². The van der Waals surface area contributed by atoms with Gasteiger partial charge in [-0.1, -0.05) is 12.8 Å². The molecule has 0 N–H and O–H groups in total. The van der Waals surface area contributed by atoms with Gasteiger partial charge >= 0.3 is 0 Å². The van der Waals surface area contributed by atoms with Crippen molar-refractivity contribution in [2.45, 2.75) is 25.7 Å². The second-order valence-electron chi connectivity index (χ2n) is 2.54. The van der Waals surface area contributed by atoms with Gasteiger partial charge in [-0.3, -0.25) is 0 Å². The molecule has 0 spiro atoms. The lowest BCUT2D eigenvalue weighted by molar-refractivity contribution is 0.677. The molecular formula is C7H12S2. The van der Waals surface area contributed by atoms with Gasteiger partial charge in [-0.15, -0.1) is 12.6 Å². The van der Waals surface area contributed by atoms with Gasteiger partial charge in [-0.05, 0) is 29.1 Å². The predicted octanol–water partition coefficient (Wildman–Crippen LogP) is 2.88. The molecule has 0 bridgehead atoms. The molecule has 52 valence electrons. The highest BCUT2D eigenvalue weighted by molar-refractivity contribution is 7.87. The average molecular weight is 160 g/mol. The smallest absolute Gasteiger partial charge is 0.00928 e. The van der Waals surface area contributed by atoms with Gasteiger partial charge < -0.3 is 0 Å². The number of hydrogen-bond acceptors (Lipinski definition) is 2. The Balaban J connectivity index is 2.42. The van der Waals surface area contributed by atoms with Crippen LogP contribution < -0.4 is 0 Å². The van der Waals surface area contributed by atoms with E-state index in [9.17, 15) is 0 Å². The van der Waals surface area contributed by atoms with Gasteiger partial charge in [0.1, 0.15) is 0 Å². The Morgan fingerprint density at radius 3 is 2.33 bits per heavy atom. The summed E-state index contributed by atoms with van der Waals surface area (Å²) in [6.45, 7) is 0. The minimum Gasteiger partial charge on any atom is -0.151 e. The van der Waals surface area contributed by atoms with Gasteiger partial charge in [0.05, 0.1) is 0 Å². The molecule has 1 fully saturated rings. The molecule has 0 aliphatic heterocycles. The minimum absolute atomic E-state index is 0.728. The highest BCUT2D eigenvalue weighted by Crippen LogP contribution is 2.32. The van der Waals surface area contributed by atoms with E-state index >= 15 is 0 Å². The van der Waals surface area contributed by atoms with E-state index in [4.69, 9.17) is 0 Å². The van der Waals surface area contributed by atoms with E-state index < -0.39 is 0 Å². The van der Waals surface area contributed by atoms with Gasteiger partial charge in [0.2, 0.25) is 0 Å². The lowest BCUT2D eigenvalue weighted by Crippen LogP contribution is -1.90. The van der Waals surface area contributed by atoms with Crippen LogP contribution in [0.2, 0.25) is 0 Å². The topological polar surface area (TPSA) is 0 Å². The van der Waals surface area contributed by atoms with Crippen LogP contribution in [-0.4, -0.2) is 0 Å². The van der Waals surface area contributed by atoms with Crippen LogP contribution in [0.1, 0.15) is 25.7 Å². The predicted molar refractivity (Wildman–Crippen MR) is 48.0 cm³/mol. The fourth-order valence-electron chi connectivity index (χ4n) is 1.33. The Hall–Kier alpha value is 0.440. The number of allylic oxidation sites excluding steroid dienone is 1. The number of hydrogen-bond donors (Lipinski definition) is 2. The Morgan fingerprint density at radius 2 is 1.89 bits per heavy atom. The molecule has 0 heterocycles. The zero-order chi connectivity index (χ0) is 6.69. The van der Waals surface area contributed by atoms with Crippen molar-refractivity contribution in [3.05, 3.63) is 10.3 Å². The molecule has 1 aliphatic rings. The molecule has 0 unspecified atom stereocenters. The van der Waals surface area contributed by atoms with Crippen LogP contribution in [0.3, 0.4) is 0 Å².